The summed E-state index contributed by atoms with van der Waals surface area (Å²) in [6, 6.07) is 15.3. The van der Waals surface area contributed by atoms with E-state index in [-0.39, 0.29) is 0 Å². The first kappa shape index (κ1) is 17.7. The van der Waals surface area contributed by atoms with E-state index >= 15 is 0 Å². The Kier molecular flexibility index (Phi) is 5.58. The van der Waals surface area contributed by atoms with Crippen LogP contribution in [-0.4, -0.2) is 14.9 Å². The van der Waals surface area contributed by atoms with Gasteiger partial charge in [0.2, 0.25) is 0 Å². The predicted molar refractivity (Wildman–Crippen MR) is 109 cm³/mol. The Morgan fingerprint density at radius 3 is 2.72 bits per heavy atom. The maximum absolute atomic E-state index is 6.12. The van der Waals surface area contributed by atoms with E-state index in [0.29, 0.717) is 33.2 Å². The van der Waals surface area contributed by atoms with Crippen LogP contribution in [0.5, 0.6) is 0 Å². The van der Waals surface area contributed by atoms with Crippen LogP contribution in [0.2, 0.25) is 10.0 Å². The number of aryl methyl sites for hydroxylation is 1. The van der Waals surface area contributed by atoms with Crippen molar-refractivity contribution >= 4 is 52.0 Å². The second kappa shape index (κ2) is 7.87. The lowest BCUT2D eigenvalue weighted by Crippen LogP contribution is -2.19. The Morgan fingerprint density at radius 1 is 1.12 bits per heavy atom. The Labute approximate surface area is 161 Å². The van der Waals surface area contributed by atoms with E-state index in [2.05, 4.69) is 34.8 Å². The minimum absolute atomic E-state index is 0.394. The van der Waals surface area contributed by atoms with E-state index in [1.807, 2.05) is 29.1 Å². The molecule has 0 fully saturated rings. The third-order valence-corrected chi connectivity index (χ3v) is 4.42. The summed E-state index contributed by atoms with van der Waals surface area (Å²) in [7, 11) is 0. The van der Waals surface area contributed by atoms with Crippen LogP contribution in [0.15, 0.2) is 54.7 Å². The molecule has 25 heavy (non-hydrogen) atoms. The zero-order valence-corrected chi connectivity index (χ0v) is 15.8. The summed E-state index contributed by atoms with van der Waals surface area (Å²) >= 11 is 17.4. The summed E-state index contributed by atoms with van der Waals surface area (Å²) in [4.78, 5) is 0. The maximum atomic E-state index is 6.12. The molecule has 2 N–H and O–H groups in total. The molecule has 1 heterocycles. The summed E-state index contributed by atoms with van der Waals surface area (Å²) in [6.45, 7) is 2.79. The molecule has 7 heteroatoms. The third kappa shape index (κ3) is 4.72. The minimum atomic E-state index is 0.394. The predicted octanol–water partition coefficient (Wildman–Crippen LogP) is 5.36. The van der Waals surface area contributed by atoms with E-state index in [1.165, 1.54) is 11.1 Å². The topological polar surface area (TPSA) is 41.9 Å². The number of nitrogens with one attached hydrogen (secondary N) is 2. The van der Waals surface area contributed by atoms with Gasteiger partial charge >= 0.3 is 0 Å². The van der Waals surface area contributed by atoms with E-state index in [1.54, 1.807) is 18.2 Å². The van der Waals surface area contributed by atoms with Crippen molar-refractivity contribution in [1.29, 1.82) is 0 Å². The highest BCUT2D eigenvalue weighted by atomic mass is 35.5. The molecular weight excluding hydrogens is 375 g/mol. The molecule has 4 nitrogen and oxygen atoms in total. The van der Waals surface area contributed by atoms with Crippen molar-refractivity contribution in [2.75, 3.05) is 10.6 Å². The van der Waals surface area contributed by atoms with Crippen LogP contribution in [0.4, 0.5) is 11.5 Å². The molecule has 1 aromatic heterocycles. The van der Waals surface area contributed by atoms with Crippen molar-refractivity contribution in [3.8, 4) is 0 Å². The van der Waals surface area contributed by atoms with Gasteiger partial charge in [0.05, 0.1) is 17.3 Å². The van der Waals surface area contributed by atoms with Crippen LogP contribution in [-0.2, 0) is 6.54 Å². The Balaban J connectivity index is 1.64. The standard InChI is InChI=1S/C18H16Cl2N4S/c1-12-4-2-3-5-13(12)11-24-9-8-17(23-24)22-18(25)21-16-10-14(19)6-7-15(16)20/h2-10H,11H2,1H3,(H2,21,22,23,25). The Bertz CT molecular complexity index is 908. The minimum Gasteiger partial charge on any atom is -0.331 e. The normalized spacial score (nSPS) is 10.5. The van der Waals surface area contributed by atoms with Crippen LogP contribution >= 0.6 is 35.4 Å². The lowest BCUT2D eigenvalue weighted by molar-refractivity contribution is 0.687. The van der Waals surface area contributed by atoms with Crippen LogP contribution in [0.25, 0.3) is 0 Å². The van der Waals surface area contributed by atoms with Crippen molar-refractivity contribution in [2.24, 2.45) is 0 Å². The van der Waals surface area contributed by atoms with Gasteiger partial charge in [-0.25, -0.2) is 0 Å². The largest absolute Gasteiger partial charge is 0.331 e. The first-order valence-electron chi connectivity index (χ1n) is 7.62. The molecule has 0 aliphatic carbocycles. The number of hydrogen-bond donors (Lipinski definition) is 2. The number of aromatic nitrogens is 2. The molecule has 0 amide bonds. The number of nitrogens with zero attached hydrogens (tertiary/aromatic N) is 2. The van der Waals surface area contributed by atoms with Crippen molar-refractivity contribution in [3.63, 3.8) is 0 Å². The number of thiocarbonyl (C=S) groups is 1. The smallest absolute Gasteiger partial charge is 0.176 e. The van der Waals surface area contributed by atoms with Gasteiger partial charge < -0.3 is 10.6 Å². The zero-order valence-electron chi connectivity index (χ0n) is 13.5. The molecule has 0 aliphatic rings. The lowest BCUT2D eigenvalue weighted by Gasteiger charge is -2.10. The molecule has 2 aromatic carbocycles. The quantitative estimate of drug-likeness (QED) is 0.588. The highest BCUT2D eigenvalue weighted by molar-refractivity contribution is 7.80. The molecule has 0 atom stereocenters. The van der Waals surface area contributed by atoms with E-state index < -0.39 is 0 Å². The number of anilines is 2. The van der Waals surface area contributed by atoms with Gasteiger partial charge in [0.25, 0.3) is 0 Å². The second-order valence-corrected chi connectivity index (χ2v) is 6.78. The highest BCUT2D eigenvalue weighted by Gasteiger charge is 2.06. The number of hydrogen-bond acceptors (Lipinski definition) is 2. The van der Waals surface area contributed by atoms with Crippen LogP contribution in [0.3, 0.4) is 0 Å². The van der Waals surface area contributed by atoms with Gasteiger partial charge in [-0.3, -0.25) is 4.68 Å². The van der Waals surface area contributed by atoms with E-state index in [9.17, 15) is 0 Å². The van der Waals surface area contributed by atoms with Gasteiger partial charge in [-0.15, -0.1) is 0 Å². The third-order valence-electron chi connectivity index (χ3n) is 3.65. The summed E-state index contributed by atoms with van der Waals surface area (Å²) < 4.78 is 1.86. The fourth-order valence-electron chi connectivity index (χ4n) is 2.34. The molecule has 0 spiro atoms. The van der Waals surface area contributed by atoms with Gasteiger partial charge in [-0.05, 0) is 48.5 Å². The summed E-state index contributed by atoms with van der Waals surface area (Å²) in [5, 5.41) is 12.1. The van der Waals surface area contributed by atoms with Gasteiger partial charge in [-0.2, -0.15) is 5.10 Å². The fourth-order valence-corrected chi connectivity index (χ4v) is 2.89. The maximum Gasteiger partial charge on any atom is 0.176 e. The molecule has 0 aliphatic heterocycles. The number of rotatable bonds is 4. The van der Waals surface area contributed by atoms with Crippen molar-refractivity contribution in [2.45, 2.75) is 13.5 Å². The average molecular weight is 391 g/mol. The van der Waals surface area contributed by atoms with Crippen molar-refractivity contribution in [3.05, 3.63) is 75.9 Å². The number of benzene rings is 2. The molecule has 0 bridgehead atoms. The first-order valence-corrected chi connectivity index (χ1v) is 8.79. The monoisotopic (exact) mass is 390 g/mol. The summed E-state index contributed by atoms with van der Waals surface area (Å²) in [5.41, 5.74) is 3.11. The Morgan fingerprint density at radius 2 is 1.92 bits per heavy atom. The van der Waals surface area contributed by atoms with E-state index in [4.69, 9.17) is 35.4 Å². The second-order valence-electron chi connectivity index (χ2n) is 5.53. The van der Waals surface area contributed by atoms with Gasteiger partial charge in [0.15, 0.2) is 10.9 Å². The summed E-state index contributed by atoms with van der Waals surface area (Å²) in [6.07, 6.45) is 1.91. The molecule has 0 radical (unpaired) electrons. The zero-order chi connectivity index (χ0) is 17.8. The number of halogens is 2. The van der Waals surface area contributed by atoms with Crippen LogP contribution in [0.1, 0.15) is 11.1 Å². The molecule has 0 unspecified atom stereocenters. The Hall–Kier alpha value is -2.08. The van der Waals surface area contributed by atoms with E-state index in [0.717, 1.165) is 0 Å². The molecular formula is C18H16Cl2N4S. The van der Waals surface area contributed by atoms with Crippen molar-refractivity contribution < 1.29 is 0 Å². The molecule has 0 saturated heterocycles. The SMILES string of the molecule is Cc1ccccc1Cn1ccc(NC(=S)Nc2cc(Cl)ccc2Cl)n1. The molecule has 0 saturated carbocycles. The molecule has 3 rings (SSSR count). The van der Waals surface area contributed by atoms with Gasteiger partial charge in [0, 0.05) is 17.3 Å². The highest BCUT2D eigenvalue weighted by Crippen LogP contribution is 2.25. The lowest BCUT2D eigenvalue weighted by atomic mass is 10.1. The van der Waals surface area contributed by atoms with Gasteiger partial charge in [-0.1, -0.05) is 47.5 Å². The average Bonchev–Trinajstić information content (AvgIpc) is 3.00. The van der Waals surface area contributed by atoms with Crippen LogP contribution in [0, 0.1) is 6.92 Å². The fraction of sp³-hybridized carbons (Fsp3) is 0.111. The van der Waals surface area contributed by atoms with Crippen molar-refractivity contribution in [1.82, 2.24) is 9.78 Å². The van der Waals surface area contributed by atoms with Gasteiger partial charge in [0.1, 0.15) is 0 Å². The summed E-state index contributed by atoms with van der Waals surface area (Å²) in [5.74, 6) is 0.657. The first-order chi connectivity index (χ1) is 12.0. The van der Waals surface area contributed by atoms with Crippen LogP contribution < -0.4 is 10.6 Å². The molecule has 3 aromatic rings. The molecule has 128 valence electrons.